The minimum absolute atomic E-state index is 0.00662. The number of nitrogens with one attached hydrogen (secondary N) is 1. The summed E-state index contributed by atoms with van der Waals surface area (Å²) in [7, 11) is 1.70. The van der Waals surface area contributed by atoms with Crippen molar-refractivity contribution < 1.29 is 9.53 Å². The Morgan fingerprint density at radius 3 is 2.71 bits per heavy atom. The number of hydrogen-bond donors (Lipinski definition) is 1. The highest BCUT2D eigenvalue weighted by Crippen LogP contribution is 2.33. The van der Waals surface area contributed by atoms with E-state index in [2.05, 4.69) is 38.2 Å². The van der Waals surface area contributed by atoms with E-state index in [4.69, 9.17) is 4.74 Å². The molecule has 0 spiro atoms. The first-order chi connectivity index (χ1) is 10.1. The minimum atomic E-state index is -0.0617. The maximum atomic E-state index is 12.8. The molecule has 1 aromatic heterocycles. The van der Waals surface area contributed by atoms with Crippen LogP contribution in [0.15, 0.2) is 12.1 Å². The van der Waals surface area contributed by atoms with Crippen LogP contribution in [0.4, 0.5) is 0 Å². The maximum absolute atomic E-state index is 12.8. The lowest BCUT2D eigenvalue weighted by atomic mass is 10.1. The molecule has 1 N–H and O–H groups in total. The Balaban J connectivity index is 2.28. The molecule has 1 amide bonds. The Morgan fingerprint density at radius 1 is 1.43 bits per heavy atom. The number of carbonyl (C=O) groups excluding carboxylic acids is 1. The van der Waals surface area contributed by atoms with Crippen molar-refractivity contribution >= 4 is 17.2 Å². The quantitative estimate of drug-likeness (QED) is 0.841. The third kappa shape index (κ3) is 3.47. The zero-order chi connectivity index (χ0) is 15.4. The van der Waals surface area contributed by atoms with Crippen LogP contribution >= 0.6 is 11.3 Å². The second-order valence-electron chi connectivity index (χ2n) is 5.62. The third-order valence-corrected chi connectivity index (χ3v) is 5.07. The van der Waals surface area contributed by atoms with Crippen molar-refractivity contribution in [1.29, 1.82) is 0 Å². The summed E-state index contributed by atoms with van der Waals surface area (Å²) in [6, 6.07) is 4.32. The van der Waals surface area contributed by atoms with Crippen LogP contribution < -0.4 is 5.32 Å². The summed E-state index contributed by atoms with van der Waals surface area (Å²) in [5, 5.41) is 3.53. The lowest BCUT2D eigenvalue weighted by Gasteiger charge is -2.31. The second kappa shape index (κ2) is 7.38. The number of ether oxygens (including phenoxy) is 1. The summed E-state index contributed by atoms with van der Waals surface area (Å²) in [5.74, 6) is 0.219. The van der Waals surface area contributed by atoms with Gasteiger partial charge in [0.1, 0.15) is 6.17 Å². The van der Waals surface area contributed by atoms with Crippen LogP contribution in [0.25, 0.3) is 0 Å². The monoisotopic (exact) mass is 310 g/mol. The molecule has 3 atom stereocenters. The van der Waals surface area contributed by atoms with Crippen molar-refractivity contribution in [3.63, 3.8) is 0 Å². The highest BCUT2D eigenvalue weighted by atomic mass is 32.1. The Bertz CT molecular complexity index is 475. The normalized spacial score (nSPS) is 23.8. The Hall–Kier alpha value is -0.910. The van der Waals surface area contributed by atoms with Crippen LogP contribution in [0.3, 0.4) is 0 Å². The summed E-state index contributed by atoms with van der Waals surface area (Å²) < 4.78 is 5.32. The van der Waals surface area contributed by atoms with Gasteiger partial charge in [-0.2, -0.15) is 0 Å². The average Bonchev–Trinajstić information content (AvgIpc) is 3.02. The molecule has 2 heterocycles. The molecule has 0 saturated carbocycles. The minimum Gasteiger partial charge on any atom is -0.383 e. The first kappa shape index (κ1) is 16.5. The summed E-state index contributed by atoms with van der Waals surface area (Å²) >= 11 is 1.76. The van der Waals surface area contributed by atoms with E-state index in [-0.39, 0.29) is 24.2 Å². The number of rotatable bonds is 7. The molecule has 1 aliphatic rings. The van der Waals surface area contributed by atoms with Crippen molar-refractivity contribution in [1.82, 2.24) is 10.2 Å². The van der Waals surface area contributed by atoms with Gasteiger partial charge in [-0.05, 0) is 31.9 Å². The van der Waals surface area contributed by atoms with Crippen LogP contribution in [0.5, 0.6) is 0 Å². The van der Waals surface area contributed by atoms with E-state index in [0.29, 0.717) is 6.61 Å². The molecule has 0 aromatic carbocycles. The van der Waals surface area contributed by atoms with Gasteiger partial charge in [-0.3, -0.25) is 10.1 Å². The van der Waals surface area contributed by atoms with E-state index in [9.17, 15) is 4.79 Å². The molecule has 3 unspecified atom stereocenters. The van der Waals surface area contributed by atoms with Crippen LogP contribution in [0, 0.1) is 6.92 Å². The second-order valence-corrected chi connectivity index (χ2v) is 6.94. The van der Waals surface area contributed by atoms with E-state index in [1.165, 1.54) is 9.75 Å². The SMILES string of the molecule is CCCC1NC(c2ccc(C)s2)N(C(CC)COC)C1=O. The number of methoxy groups -OCH3 is 1. The average molecular weight is 310 g/mol. The van der Waals surface area contributed by atoms with Crippen molar-refractivity contribution in [2.45, 2.75) is 58.3 Å². The van der Waals surface area contributed by atoms with Crippen molar-refractivity contribution in [2.24, 2.45) is 0 Å². The zero-order valence-corrected chi connectivity index (χ0v) is 14.2. The van der Waals surface area contributed by atoms with E-state index in [1.54, 1.807) is 18.4 Å². The first-order valence-electron chi connectivity index (χ1n) is 7.75. The molecule has 118 valence electrons. The number of carbonyl (C=O) groups is 1. The van der Waals surface area contributed by atoms with Gasteiger partial charge < -0.3 is 9.64 Å². The van der Waals surface area contributed by atoms with Gasteiger partial charge in [0.2, 0.25) is 5.91 Å². The molecule has 5 heteroatoms. The molecule has 0 radical (unpaired) electrons. The smallest absolute Gasteiger partial charge is 0.241 e. The maximum Gasteiger partial charge on any atom is 0.241 e. The first-order valence-corrected chi connectivity index (χ1v) is 8.57. The van der Waals surface area contributed by atoms with E-state index in [0.717, 1.165) is 19.3 Å². The number of amides is 1. The van der Waals surface area contributed by atoms with Crippen LogP contribution in [0.2, 0.25) is 0 Å². The Kier molecular flexibility index (Phi) is 5.79. The van der Waals surface area contributed by atoms with Crippen LogP contribution in [0.1, 0.15) is 49.0 Å². The lowest BCUT2D eigenvalue weighted by Crippen LogP contribution is -2.42. The van der Waals surface area contributed by atoms with Crippen molar-refractivity contribution in [2.75, 3.05) is 13.7 Å². The zero-order valence-electron chi connectivity index (χ0n) is 13.4. The molecule has 0 bridgehead atoms. The lowest BCUT2D eigenvalue weighted by molar-refractivity contribution is -0.133. The van der Waals surface area contributed by atoms with Crippen LogP contribution in [-0.4, -0.2) is 36.6 Å². The Labute approximate surface area is 131 Å². The topological polar surface area (TPSA) is 41.6 Å². The van der Waals surface area contributed by atoms with Gasteiger partial charge >= 0.3 is 0 Å². The molecule has 2 rings (SSSR count). The van der Waals surface area contributed by atoms with Crippen LogP contribution in [-0.2, 0) is 9.53 Å². The molecule has 1 aliphatic heterocycles. The molecule has 4 nitrogen and oxygen atoms in total. The fourth-order valence-corrected chi connectivity index (χ4v) is 3.88. The van der Waals surface area contributed by atoms with Crippen molar-refractivity contribution in [3.05, 3.63) is 21.9 Å². The highest BCUT2D eigenvalue weighted by Gasteiger charge is 2.42. The summed E-state index contributed by atoms with van der Waals surface area (Å²) in [6.07, 6.45) is 2.79. The van der Waals surface area contributed by atoms with Gasteiger partial charge in [0.25, 0.3) is 0 Å². The van der Waals surface area contributed by atoms with Gasteiger partial charge in [-0.15, -0.1) is 11.3 Å². The van der Waals surface area contributed by atoms with Gasteiger partial charge in [-0.25, -0.2) is 0 Å². The van der Waals surface area contributed by atoms with Crippen molar-refractivity contribution in [3.8, 4) is 0 Å². The number of nitrogens with zero attached hydrogens (tertiary/aromatic N) is 1. The molecular formula is C16H26N2O2S. The number of thiophene rings is 1. The van der Waals surface area contributed by atoms with Gasteiger partial charge in [0.05, 0.1) is 18.7 Å². The summed E-state index contributed by atoms with van der Waals surface area (Å²) in [5.41, 5.74) is 0. The predicted octanol–water partition coefficient (Wildman–Crippen LogP) is 3.08. The molecule has 0 aliphatic carbocycles. The van der Waals surface area contributed by atoms with Gasteiger partial charge in [0.15, 0.2) is 0 Å². The number of aryl methyl sites for hydroxylation is 1. The largest absolute Gasteiger partial charge is 0.383 e. The van der Waals surface area contributed by atoms with E-state index < -0.39 is 0 Å². The molecule has 1 aromatic rings. The Morgan fingerprint density at radius 2 is 2.19 bits per heavy atom. The summed E-state index contributed by atoms with van der Waals surface area (Å²) in [6.45, 7) is 6.92. The fourth-order valence-electron chi connectivity index (χ4n) is 2.94. The standard InChI is InChI=1S/C16H26N2O2S/c1-5-7-13-16(19)18(12(6-2)10-20-4)15(17-13)14-9-8-11(3)21-14/h8-9,12-13,15,17H,5-7,10H2,1-4H3. The third-order valence-electron chi connectivity index (χ3n) is 4.02. The predicted molar refractivity (Wildman–Crippen MR) is 86.4 cm³/mol. The van der Waals surface area contributed by atoms with Gasteiger partial charge in [0, 0.05) is 16.9 Å². The molecular weight excluding hydrogens is 284 g/mol. The molecule has 1 fully saturated rings. The van der Waals surface area contributed by atoms with E-state index in [1.807, 2.05) is 4.90 Å². The van der Waals surface area contributed by atoms with E-state index >= 15 is 0 Å². The molecule has 21 heavy (non-hydrogen) atoms. The van der Waals surface area contributed by atoms with Gasteiger partial charge in [-0.1, -0.05) is 20.3 Å². The number of hydrogen-bond acceptors (Lipinski definition) is 4. The fraction of sp³-hybridized carbons (Fsp3) is 0.688. The highest BCUT2D eigenvalue weighted by molar-refractivity contribution is 7.12. The summed E-state index contributed by atoms with van der Waals surface area (Å²) in [4.78, 5) is 17.3. The molecule has 1 saturated heterocycles.